The van der Waals surface area contributed by atoms with E-state index in [4.69, 9.17) is 0 Å². The van der Waals surface area contributed by atoms with E-state index in [9.17, 15) is 4.39 Å². The lowest BCUT2D eigenvalue weighted by molar-refractivity contribution is 0.533. The molecule has 2 nitrogen and oxygen atoms in total. The van der Waals surface area contributed by atoms with Gasteiger partial charge in [-0.1, -0.05) is 28.1 Å². The number of benzene rings is 2. The smallest absolute Gasteiger partial charge is 0.128 e. The first-order valence-corrected chi connectivity index (χ1v) is 8.25. The highest BCUT2D eigenvalue weighted by Crippen LogP contribution is 2.28. The molecule has 2 aromatic carbocycles. The van der Waals surface area contributed by atoms with Crippen molar-refractivity contribution in [2.24, 2.45) is 0 Å². The second kappa shape index (κ2) is 6.22. The van der Waals surface area contributed by atoms with E-state index < -0.39 is 0 Å². The zero-order valence-corrected chi connectivity index (χ0v) is 13.8. The van der Waals surface area contributed by atoms with E-state index in [0.29, 0.717) is 12.0 Å². The van der Waals surface area contributed by atoms with Gasteiger partial charge >= 0.3 is 0 Å². The minimum absolute atomic E-state index is 0.0944. The Bertz CT molecular complexity index is 739. The Morgan fingerprint density at radius 3 is 2.86 bits per heavy atom. The van der Waals surface area contributed by atoms with Gasteiger partial charge in [-0.2, -0.15) is 0 Å². The summed E-state index contributed by atoms with van der Waals surface area (Å²) in [6.45, 7) is 0. The number of para-hydroxylation sites is 1. The molecule has 3 rings (SSSR count). The van der Waals surface area contributed by atoms with Crippen molar-refractivity contribution in [1.29, 1.82) is 0 Å². The molecule has 3 aromatic rings. The lowest BCUT2D eigenvalue weighted by Crippen LogP contribution is -2.20. The Morgan fingerprint density at radius 2 is 2.10 bits per heavy atom. The normalized spacial score (nSPS) is 12.7. The van der Waals surface area contributed by atoms with Gasteiger partial charge in [0.25, 0.3) is 0 Å². The molecular weight excluding hydrogens is 351 g/mol. The van der Waals surface area contributed by atoms with E-state index in [-0.39, 0.29) is 11.9 Å². The Labute approximate surface area is 135 Å². The molecule has 0 radical (unpaired) electrons. The molecule has 5 heteroatoms. The average Bonchev–Trinajstić information content (AvgIpc) is 2.90. The molecule has 1 atom stereocenters. The summed E-state index contributed by atoms with van der Waals surface area (Å²) in [7, 11) is 1.85. The van der Waals surface area contributed by atoms with Crippen LogP contribution in [0, 0.1) is 5.82 Å². The molecule has 0 spiro atoms. The van der Waals surface area contributed by atoms with Crippen molar-refractivity contribution in [3.05, 3.63) is 63.3 Å². The van der Waals surface area contributed by atoms with Gasteiger partial charge in [-0.25, -0.2) is 9.37 Å². The number of nitrogens with one attached hydrogen (secondary N) is 1. The molecule has 1 heterocycles. The van der Waals surface area contributed by atoms with Crippen LogP contribution in [0.5, 0.6) is 0 Å². The number of hydrogen-bond acceptors (Lipinski definition) is 3. The Kier molecular flexibility index (Phi) is 4.33. The molecule has 1 N–H and O–H groups in total. The van der Waals surface area contributed by atoms with Crippen LogP contribution in [0.3, 0.4) is 0 Å². The van der Waals surface area contributed by atoms with E-state index in [1.165, 1.54) is 6.07 Å². The zero-order chi connectivity index (χ0) is 14.8. The number of rotatable bonds is 4. The number of halogens is 2. The molecule has 0 fully saturated rings. The summed E-state index contributed by atoms with van der Waals surface area (Å²) in [4.78, 5) is 4.62. The molecule has 0 amide bonds. The first kappa shape index (κ1) is 14.6. The lowest BCUT2D eigenvalue weighted by Gasteiger charge is -2.16. The van der Waals surface area contributed by atoms with E-state index in [1.807, 2.05) is 31.3 Å². The van der Waals surface area contributed by atoms with E-state index in [0.717, 1.165) is 19.7 Å². The van der Waals surface area contributed by atoms with E-state index >= 15 is 0 Å². The molecule has 0 saturated carbocycles. The van der Waals surface area contributed by atoms with Crippen molar-refractivity contribution in [3.8, 4) is 0 Å². The maximum Gasteiger partial charge on any atom is 0.128 e. The fourth-order valence-electron chi connectivity index (χ4n) is 2.33. The highest BCUT2D eigenvalue weighted by molar-refractivity contribution is 9.10. The predicted octanol–water partition coefficient (Wildman–Crippen LogP) is 4.70. The average molecular weight is 365 g/mol. The van der Waals surface area contributed by atoms with Crippen molar-refractivity contribution in [2.45, 2.75) is 12.5 Å². The summed E-state index contributed by atoms with van der Waals surface area (Å²) in [6, 6.07) is 13.0. The number of hydrogen-bond donors (Lipinski definition) is 1. The molecule has 1 aromatic heterocycles. The summed E-state index contributed by atoms with van der Waals surface area (Å²) in [5, 5.41) is 4.19. The maximum absolute atomic E-state index is 14.0. The van der Waals surface area contributed by atoms with Gasteiger partial charge in [-0.05, 0) is 37.4 Å². The van der Waals surface area contributed by atoms with Crippen LogP contribution < -0.4 is 5.32 Å². The van der Waals surface area contributed by atoms with Crippen LogP contribution in [-0.2, 0) is 6.42 Å². The third-order valence-electron chi connectivity index (χ3n) is 3.40. The van der Waals surface area contributed by atoms with Gasteiger partial charge in [0.1, 0.15) is 5.82 Å². The number of likely N-dealkylation sites (N-methyl/N-ethyl adjacent to an activating group) is 1. The van der Waals surface area contributed by atoms with Gasteiger partial charge in [0.2, 0.25) is 0 Å². The van der Waals surface area contributed by atoms with E-state index in [2.05, 4.69) is 32.3 Å². The summed E-state index contributed by atoms with van der Waals surface area (Å²) >= 11 is 5.06. The minimum atomic E-state index is -0.196. The lowest BCUT2D eigenvalue weighted by atomic mass is 10.0. The fourth-order valence-corrected chi connectivity index (χ4v) is 3.72. The summed E-state index contributed by atoms with van der Waals surface area (Å²) in [5.41, 5.74) is 1.66. The quantitative estimate of drug-likeness (QED) is 0.725. The Morgan fingerprint density at radius 1 is 1.29 bits per heavy atom. The standard InChI is InChI=1S/C16H14BrFN2S/c1-19-14(11-8-10(17)6-7-12(11)18)9-16-20-13-4-2-3-5-15(13)21-16/h2-8,14,19H,9H2,1H3. The molecule has 0 saturated heterocycles. The van der Waals surface area contributed by atoms with Crippen LogP contribution >= 0.6 is 27.3 Å². The van der Waals surface area contributed by atoms with Crippen LogP contribution in [0.1, 0.15) is 16.6 Å². The summed E-state index contributed by atoms with van der Waals surface area (Å²) < 4.78 is 16.1. The summed E-state index contributed by atoms with van der Waals surface area (Å²) in [6.07, 6.45) is 0.670. The fraction of sp³-hybridized carbons (Fsp3) is 0.188. The second-order valence-corrected chi connectivity index (χ2v) is 6.82. The van der Waals surface area contributed by atoms with Crippen molar-refractivity contribution in [1.82, 2.24) is 10.3 Å². The molecule has 108 valence electrons. The highest BCUT2D eigenvalue weighted by atomic mass is 79.9. The summed E-state index contributed by atoms with van der Waals surface area (Å²) in [5.74, 6) is -0.196. The monoisotopic (exact) mass is 364 g/mol. The number of thiazole rings is 1. The highest BCUT2D eigenvalue weighted by Gasteiger charge is 2.17. The predicted molar refractivity (Wildman–Crippen MR) is 89.2 cm³/mol. The van der Waals surface area contributed by atoms with Gasteiger partial charge in [-0.3, -0.25) is 0 Å². The van der Waals surface area contributed by atoms with Crippen molar-refractivity contribution in [3.63, 3.8) is 0 Å². The topological polar surface area (TPSA) is 24.9 Å². The molecule has 0 bridgehead atoms. The third kappa shape index (κ3) is 3.15. The third-order valence-corrected chi connectivity index (χ3v) is 4.95. The molecule has 0 aliphatic heterocycles. The van der Waals surface area contributed by atoms with Crippen molar-refractivity contribution in [2.75, 3.05) is 7.05 Å². The van der Waals surface area contributed by atoms with Gasteiger partial charge in [0, 0.05) is 22.5 Å². The van der Waals surface area contributed by atoms with Gasteiger partial charge in [-0.15, -0.1) is 11.3 Å². The molecule has 1 unspecified atom stereocenters. The van der Waals surface area contributed by atoms with Crippen molar-refractivity contribution < 1.29 is 4.39 Å². The minimum Gasteiger partial charge on any atom is -0.313 e. The van der Waals surface area contributed by atoms with Crippen molar-refractivity contribution >= 4 is 37.5 Å². The molecule has 0 aliphatic rings. The van der Waals surface area contributed by atoms with Crippen LogP contribution in [0.25, 0.3) is 10.2 Å². The number of fused-ring (bicyclic) bond motifs is 1. The Balaban J connectivity index is 1.91. The Hall–Kier alpha value is -1.30. The van der Waals surface area contributed by atoms with Gasteiger partial charge < -0.3 is 5.32 Å². The largest absolute Gasteiger partial charge is 0.313 e. The first-order chi connectivity index (χ1) is 10.2. The van der Waals surface area contributed by atoms with Crippen LogP contribution in [0.4, 0.5) is 4.39 Å². The SMILES string of the molecule is CNC(Cc1nc2ccccc2s1)c1cc(Br)ccc1F. The van der Waals surface area contributed by atoms with E-state index in [1.54, 1.807) is 17.4 Å². The molecular formula is C16H14BrFN2S. The number of aromatic nitrogens is 1. The van der Waals surface area contributed by atoms with Gasteiger partial charge in [0.15, 0.2) is 0 Å². The second-order valence-electron chi connectivity index (χ2n) is 4.79. The first-order valence-electron chi connectivity index (χ1n) is 6.64. The molecule has 0 aliphatic carbocycles. The molecule has 21 heavy (non-hydrogen) atoms. The maximum atomic E-state index is 14.0. The van der Waals surface area contributed by atoms with Crippen LogP contribution in [-0.4, -0.2) is 12.0 Å². The number of nitrogens with zero attached hydrogens (tertiary/aromatic N) is 1. The zero-order valence-electron chi connectivity index (χ0n) is 11.4. The van der Waals surface area contributed by atoms with Crippen LogP contribution in [0.15, 0.2) is 46.9 Å². The van der Waals surface area contributed by atoms with Gasteiger partial charge in [0.05, 0.1) is 15.2 Å². The van der Waals surface area contributed by atoms with Crippen LogP contribution in [0.2, 0.25) is 0 Å².